The van der Waals surface area contributed by atoms with E-state index in [0.717, 1.165) is 56.6 Å². The summed E-state index contributed by atoms with van der Waals surface area (Å²) >= 11 is 0. The Hall–Kier alpha value is -1.95. The lowest BCUT2D eigenvalue weighted by Crippen LogP contribution is -2.30. The smallest absolute Gasteiger partial charge is 0.229 e. The van der Waals surface area contributed by atoms with Crippen molar-refractivity contribution in [2.45, 2.75) is 39.7 Å². The topological polar surface area (TPSA) is 58.3 Å². The first-order valence-electron chi connectivity index (χ1n) is 8.34. The van der Waals surface area contributed by atoms with Crippen LogP contribution in [-0.4, -0.2) is 46.2 Å². The van der Waals surface area contributed by atoms with Gasteiger partial charge in [-0.3, -0.25) is 9.88 Å². The number of aromatic nitrogens is 3. The highest BCUT2D eigenvalue weighted by Gasteiger charge is 2.18. The molecule has 0 spiro atoms. The maximum Gasteiger partial charge on any atom is 0.229 e. The van der Waals surface area contributed by atoms with Crippen molar-refractivity contribution in [3.8, 4) is 0 Å². The summed E-state index contributed by atoms with van der Waals surface area (Å²) in [4.78, 5) is 13.6. The summed E-state index contributed by atoms with van der Waals surface area (Å²) in [7, 11) is 0. The fourth-order valence-corrected chi connectivity index (χ4v) is 2.88. The molecule has 0 radical (unpaired) electrons. The summed E-state index contributed by atoms with van der Waals surface area (Å²) in [6.45, 7) is 11.1. The minimum absolute atomic E-state index is 0.283. The number of nitrogens with zero attached hydrogens (tertiary/aromatic N) is 5. The molecule has 0 amide bonds. The Kier molecular flexibility index (Phi) is 4.91. The van der Waals surface area contributed by atoms with Crippen LogP contribution in [0.3, 0.4) is 0 Å². The number of pyridine rings is 1. The van der Waals surface area contributed by atoms with Crippen molar-refractivity contribution in [1.29, 1.82) is 0 Å². The Morgan fingerprint density at radius 2 is 2.09 bits per heavy atom. The molecule has 6 nitrogen and oxygen atoms in total. The van der Waals surface area contributed by atoms with Crippen LogP contribution in [0.4, 0.5) is 5.69 Å². The van der Waals surface area contributed by atoms with Gasteiger partial charge in [0.05, 0.1) is 6.54 Å². The van der Waals surface area contributed by atoms with Crippen molar-refractivity contribution < 1.29 is 4.52 Å². The standard InChI is InChI=1S/C17H25N5O/c1-13(2)17-19-16(20-23-17)12-21-7-4-8-22(10-9-21)15-5-6-18-14(3)11-15/h5-6,11,13H,4,7-10,12H2,1-3H3. The largest absolute Gasteiger partial charge is 0.370 e. The van der Waals surface area contributed by atoms with Gasteiger partial charge in [-0.1, -0.05) is 19.0 Å². The van der Waals surface area contributed by atoms with Gasteiger partial charge in [0.2, 0.25) is 5.89 Å². The van der Waals surface area contributed by atoms with Crippen LogP contribution in [0.2, 0.25) is 0 Å². The van der Waals surface area contributed by atoms with Crippen molar-refractivity contribution in [2.75, 3.05) is 31.1 Å². The van der Waals surface area contributed by atoms with Crippen LogP contribution >= 0.6 is 0 Å². The van der Waals surface area contributed by atoms with Crippen LogP contribution < -0.4 is 4.90 Å². The van der Waals surface area contributed by atoms with Crippen molar-refractivity contribution >= 4 is 5.69 Å². The average Bonchev–Trinajstić information content (AvgIpc) is 2.86. The van der Waals surface area contributed by atoms with Gasteiger partial charge in [-0.25, -0.2) is 0 Å². The van der Waals surface area contributed by atoms with Crippen molar-refractivity contribution in [2.24, 2.45) is 0 Å². The van der Waals surface area contributed by atoms with E-state index in [2.05, 4.69) is 50.9 Å². The number of hydrogen-bond acceptors (Lipinski definition) is 6. The third-order valence-corrected chi connectivity index (χ3v) is 4.18. The molecule has 0 N–H and O–H groups in total. The molecular formula is C17H25N5O. The van der Waals surface area contributed by atoms with Crippen molar-refractivity contribution in [3.63, 3.8) is 0 Å². The zero-order chi connectivity index (χ0) is 16.2. The number of rotatable bonds is 4. The molecule has 0 bridgehead atoms. The molecule has 2 aromatic heterocycles. The maximum absolute atomic E-state index is 5.30. The van der Waals surface area contributed by atoms with E-state index < -0.39 is 0 Å². The lowest BCUT2D eigenvalue weighted by Gasteiger charge is -2.23. The minimum Gasteiger partial charge on any atom is -0.370 e. The third-order valence-electron chi connectivity index (χ3n) is 4.18. The molecule has 3 heterocycles. The van der Waals surface area contributed by atoms with E-state index in [-0.39, 0.29) is 5.92 Å². The van der Waals surface area contributed by atoms with Crippen LogP contribution in [0.5, 0.6) is 0 Å². The quantitative estimate of drug-likeness (QED) is 0.864. The molecule has 6 heteroatoms. The molecule has 23 heavy (non-hydrogen) atoms. The van der Waals surface area contributed by atoms with Gasteiger partial charge in [0.1, 0.15) is 0 Å². The maximum atomic E-state index is 5.30. The Morgan fingerprint density at radius 1 is 1.22 bits per heavy atom. The Labute approximate surface area is 137 Å². The molecule has 1 saturated heterocycles. The Bertz CT molecular complexity index is 639. The number of anilines is 1. The van der Waals surface area contributed by atoms with Crippen LogP contribution in [-0.2, 0) is 6.54 Å². The molecule has 1 aliphatic heterocycles. The van der Waals surface area contributed by atoms with Crippen molar-refractivity contribution in [1.82, 2.24) is 20.0 Å². The first kappa shape index (κ1) is 15.9. The van der Waals surface area contributed by atoms with Gasteiger partial charge in [-0.15, -0.1) is 0 Å². The summed E-state index contributed by atoms with van der Waals surface area (Å²) in [6.07, 6.45) is 3.02. The summed E-state index contributed by atoms with van der Waals surface area (Å²) in [6, 6.07) is 4.25. The predicted octanol–water partition coefficient (Wildman–Crippen LogP) is 2.61. The van der Waals surface area contributed by atoms with Crippen LogP contribution in [0.15, 0.2) is 22.9 Å². The zero-order valence-corrected chi connectivity index (χ0v) is 14.2. The first-order chi connectivity index (χ1) is 11.1. The Balaban J connectivity index is 1.59. The summed E-state index contributed by atoms with van der Waals surface area (Å²) < 4.78 is 5.30. The fraction of sp³-hybridized carbons (Fsp3) is 0.588. The monoisotopic (exact) mass is 315 g/mol. The van der Waals surface area contributed by atoms with E-state index >= 15 is 0 Å². The molecule has 124 valence electrons. The highest BCUT2D eigenvalue weighted by molar-refractivity contribution is 5.46. The van der Waals surface area contributed by atoms with Crippen LogP contribution in [0, 0.1) is 6.92 Å². The summed E-state index contributed by atoms with van der Waals surface area (Å²) in [5.74, 6) is 1.80. The van der Waals surface area contributed by atoms with Crippen LogP contribution in [0.25, 0.3) is 0 Å². The molecule has 0 saturated carbocycles. The molecule has 0 aromatic carbocycles. The summed E-state index contributed by atoms with van der Waals surface area (Å²) in [5, 5.41) is 4.10. The SMILES string of the molecule is Cc1cc(N2CCCN(Cc3noc(C(C)C)n3)CC2)ccn1. The Morgan fingerprint density at radius 3 is 2.83 bits per heavy atom. The molecule has 2 aromatic rings. The van der Waals surface area contributed by atoms with Gasteiger partial charge in [0, 0.05) is 49.7 Å². The molecule has 0 unspecified atom stereocenters. The van der Waals surface area contributed by atoms with Gasteiger partial charge >= 0.3 is 0 Å². The molecule has 3 rings (SSSR count). The molecule has 1 fully saturated rings. The highest BCUT2D eigenvalue weighted by Crippen LogP contribution is 2.18. The van der Waals surface area contributed by atoms with E-state index in [9.17, 15) is 0 Å². The first-order valence-corrected chi connectivity index (χ1v) is 8.34. The van der Waals surface area contributed by atoms with Gasteiger partial charge in [-0.05, 0) is 25.5 Å². The lowest BCUT2D eigenvalue weighted by molar-refractivity contribution is 0.271. The van der Waals surface area contributed by atoms with E-state index in [1.807, 2.05) is 13.1 Å². The normalized spacial score (nSPS) is 16.8. The van der Waals surface area contributed by atoms with Gasteiger partial charge < -0.3 is 9.42 Å². The molecule has 0 atom stereocenters. The molecule has 1 aliphatic rings. The average molecular weight is 315 g/mol. The van der Waals surface area contributed by atoms with E-state index in [4.69, 9.17) is 4.52 Å². The molecule has 0 aliphatic carbocycles. The second kappa shape index (κ2) is 7.08. The number of hydrogen-bond donors (Lipinski definition) is 0. The third kappa shape index (κ3) is 4.07. The van der Waals surface area contributed by atoms with Crippen LogP contribution in [0.1, 0.15) is 43.6 Å². The summed E-state index contributed by atoms with van der Waals surface area (Å²) in [5.41, 5.74) is 2.33. The lowest BCUT2D eigenvalue weighted by atomic mass is 10.2. The number of aryl methyl sites for hydroxylation is 1. The second-order valence-electron chi connectivity index (χ2n) is 6.48. The van der Waals surface area contributed by atoms with E-state index in [1.165, 1.54) is 5.69 Å². The van der Waals surface area contributed by atoms with E-state index in [1.54, 1.807) is 0 Å². The minimum atomic E-state index is 0.283. The second-order valence-corrected chi connectivity index (χ2v) is 6.48. The predicted molar refractivity (Wildman–Crippen MR) is 89.5 cm³/mol. The zero-order valence-electron chi connectivity index (χ0n) is 14.2. The molecular weight excluding hydrogens is 290 g/mol. The van der Waals surface area contributed by atoms with Gasteiger partial charge in [0.15, 0.2) is 5.82 Å². The van der Waals surface area contributed by atoms with Crippen molar-refractivity contribution in [3.05, 3.63) is 35.7 Å². The highest BCUT2D eigenvalue weighted by atomic mass is 16.5. The van der Waals surface area contributed by atoms with Gasteiger partial charge in [0.25, 0.3) is 0 Å². The van der Waals surface area contributed by atoms with E-state index in [0.29, 0.717) is 0 Å². The van der Waals surface area contributed by atoms with Gasteiger partial charge in [-0.2, -0.15) is 4.98 Å². The fourth-order valence-electron chi connectivity index (χ4n) is 2.88.